The molecule has 0 aromatic heterocycles. The second kappa shape index (κ2) is 16.3. The fourth-order valence-electron chi connectivity index (χ4n) is 2.77. The average Bonchev–Trinajstić information content (AvgIpc) is 2.80. The van der Waals surface area contributed by atoms with Gasteiger partial charge in [0, 0.05) is 19.6 Å². The predicted octanol–water partition coefficient (Wildman–Crippen LogP) is 3.34. The Kier molecular flexibility index (Phi) is 14.1. The molecule has 2 aromatic rings. The van der Waals surface area contributed by atoms with Crippen LogP contribution in [-0.4, -0.2) is 45.2 Å². The Morgan fingerprint density at radius 2 is 1.72 bits per heavy atom. The van der Waals surface area contributed by atoms with Crippen LogP contribution in [0.3, 0.4) is 0 Å². The van der Waals surface area contributed by atoms with Gasteiger partial charge in [-0.2, -0.15) is 0 Å². The zero-order valence-corrected chi connectivity index (χ0v) is 21.4. The molecule has 176 valence electrons. The number of carbonyl (C=O) groups is 1. The smallest absolute Gasteiger partial charge is 0.242 e. The van der Waals surface area contributed by atoms with Crippen molar-refractivity contribution in [2.24, 2.45) is 10.9 Å². The molecule has 1 unspecified atom stereocenters. The zero-order valence-electron chi connectivity index (χ0n) is 19.1. The van der Waals surface area contributed by atoms with E-state index < -0.39 is 0 Å². The summed E-state index contributed by atoms with van der Waals surface area (Å²) in [6.07, 6.45) is 0. The lowest BCUT2D eigenvalue weighted by Gasteiger charge is -2.16. The van der Waals surface area contributed by atoms with Gasteiger partial charge in [-0.25, -0.2) is 4.99 Å². The second-order valence-electron chi connectivity index (χ2n) is 7.31. The summed E-state index contributed by atoms with van der Waals surface area (Å²) in [5.41, 5.74) is 2.17. The minimum atomic E-state index is -0.132. The lowest BCUT2D eigenvalue weighted by molar-refractivity contribution is -0.119. The van der Waals surface area contributed by atoms with E-state index in [1.54, 1.807) is 7.11 Å². The Bertz CT molecular complexity index is 801. The maximum Gasteiger partial charge on any atom is 0.242 e. The van der Waals surface area contributed by atoms with Gasteiger partial charge in [0.05, 0.1) is 20.3 Å². The van der Waals surface area contributed by atoms with Crippen molar-refractivity contribution < 1.29 is 14.3 Å². The van der Waals surface area contributed by atoms with Crippen molar-refractivity contribution in [2.75, 3.05) is 33.4 Å². The summed E-state index contributed by atoms with van der Waals surface area (Å²) < 4.78 is 10.9. The normalized spacial score (nSPS) is 11.8. The van der Waals surface area contributed by atoms with Crippen molar-refractivity contribution in [1.29, 1.82) is 0 Å². The van der Waals surface area contributed by atoms with Gasteiger partial charge >= 0.3 is 0 Å². The largest absolute Gasteiger partial charge is 0.497 e. The number of amides is 1. The predicted molar refractivity (Wildman–Crippen MR) is 139 cm³/mol. The van der Waals surface area contributed by atoms with E-state index in [1.165, 1.54) is 5.56 Å². The summed E-state index contributed by atoms with van der Waals surface area (Å²) in [5, 5.41) is 9.32. The maximum atomic E-state index is 12.1. The number of methoxy groups -OCH3 is 1. The van der Waals surface area contributed by atoms with Gasteiger partial charge in [0.2, 0.25) is 5.91 Å². The molecule has 0 saturated carbocycles. The van der Waals surface area contributed by atoms with Crippen molar-refractivity contribution in [3.8, 4) is 5.75 Å². The molecule has 0 fully saturated rings. The summed E-state index contributed by atoms with van der Waals surface area (Å²) >= 11 is 0. The first-order valence-electron chi connectivity index (χ1n) is 10.6. The van der Waals surface area contributed by atoms with Crippen LogP contribution in [0, 0.1) is 5.92 Å². The third-order valence-electron chi connectivity index (χ3n) is 4.51. The summed E-state index contributed by atoms with van der Waals surface area (Å²) in [6, 6.07) is 17.7. The first-order valence-corrected chi connectivity index (χ1v) is 10.6. The molecule has 7 nitrogen and oxygen atoms in total. The summed E-state index contributed by atoms with van der Waals surface area (Å²) in [6.45, 7) is 7.29. The molecule has 0 bridgehead atoms. The Hall–Kier alpha value is -2.33. The van der Waals surface area contributed by atoms with Crippen LogP contribution >= 0.6 is 24.0 Å². The van der Waals surface area contributed by atoms with Crippen molar-refractivity contribution in [3.63, 3.8) is 0 Å². The third kappa shape index (κ3) is 11.3. The lowest BCUT2D eigenvalue weighted by atomic mass is 10.2. The Morgan fingerprint density at radius 3 is 2.38 bits per heavy atom. The molecule has 8 heteroatoms. The fraction of sp³-hybridized carbons (Fsp3) is 0.417. The standard InChI is InChI=1S/C24H34N4O3.HI/c1-4-25-24(27-14-19(2)17-31-18-21-8-6-5-7-9-21)28-16-23(29)26-15-20-10-12-22(30-3)13-11-20;/h5-13,19H,4,14-18H2,1-3H3,(H,26,29)(H2,25,27,28);1H. The van der Waals surface area contributed by atoms with Crippen LogP contribution in [0.4, 0.5) is 0 Å². The molecule has 0 aliphatic rings. The van der Waals surface area contributed by atoms with Gasteiger partial charge in [0.1, 0.15) is 12.3 Å². The highest BCUT2D eigenvalue weighted by Gasteiger charge is 2.06. The van der Waals surface area contributed by atoms with Crippen molar-refractivity contribution >= 4 is 35.8 Å². The van der Waals surface area contributed by atoms with E-state index in [2.05, 4.69) is 40.0 Å². The SMILES string of the molecule is CCNC(=NCC(=O)NCc1ccc(OC)cc1)NCC(C)COCc1ccccc1.I. The number of halogens is 1. The number of guanidine groups is 1. The van der Waals surface area contributed by atoms with Gasteiger partial charge < -0.3 is 25.4 Å². The van der Waals surface area contributed by atoms with Gasteiger partial charge in [-0.3, -0.25) is 4.79 Å². The molecule has 1 atom stereocenters. The van der Waals surface area contributed by atoms with E-state index in [-0.39, 0.29) is 36.4 Å². The summed E-state index contributed by atoms with van der Waals surface area (Å²) in [7, 11) is 1.63. The fourth-order valence-corrected chi connectivity index (χ4v) is 2.77. The molecule has 0 aliphatic heterocycles. The highest BCUT2D eigenvalue weighted by molar-refractivity contribution is 14.0. The van der Waals surface area contributed by atoms with Gasteiger partial charge in [-0.15, -0.1) is 24.0 Å². The number of hydrogen-bond acceptors (Lipinski definition) is 4. The minimum Gasteiger partial charge on any atom is -0.497 e. The van der Waals surface area contributed by atoms with Gasteiger partial charge in [0.25, 0.3) is 0 Å². The van der Waals surface area contributed by atoms with Crippen LogP contribution in [-0.2, 0) is 22.7 Å². The highest BCUT2D eigenvalue weighted by atomic mass is 127. The Morgan fingerprint density at radius 1 is 1.00 bits per heavy atom. The van der Waals surface area contributed by atoms with Crippen LogP contribution in [0.1, 0.15) is 25.0 Å². The van der Waals surface area contributed by atoms with Crippen LogP contribution in [0.5, 0.6) is 5.75 Å². The second-order valence-corrected chi connectivity index (χ2v) is 7.31. The van der Waals surface area contributed by atoms with E-state index in [4.69, 9.17) is 9.47 Å². The van der Waals surface area contributed by atoms with Gasteiger partial charge in [0.15, 0.2) is 5.96 Å². The molecule has 0 radical (unpaired) electrons. The lowest BCUT2D eigenvalue weighted by Crippen LogP contribution is -2.41. The monoisotopic (exact) mass is 554 g/mol. The average molecular weight is 554 g/mol. The topological polar surface area (TPSA) is 84.0 Å². The van der Waals surface area contributed by atoms with Crippen LogP contribution in [0.25, 0.3) is 0 Å². The number of hydrogen-bond donors (Lipinski definition) is 3. The van der Waals surface area contributed by atoms with Crippen LogP contribution in [0.2, 0.25) is 0 Å². The minimum absolute atomic E-state index is 0. The number of ether oxygens (including phenoxy) is 2. The Balaban J connectivity index is 0.00000512. The van der Waals surface area contributed by atoms with E-state index >= 15 is 0 Å². The molecule has 32 heavy (non-hydrogen) atoms. The third-order valence-corrected chi connectivity index (χ3v) is 4.51. The quantitative estimate of drug-likeness (QED) is 0.213. The molecule has 0 heterocycles. The first-order chi connectivity index (χ1) is 15.1. The zero-order chi connectivity index (χ0) is 22.3. The van der Waals surface area contributed by atoms with Crippen molar-refractivity contribution in [3.05, 3.63) is 65.7 Å². The molecule has 2 aromatic carbocycles. The number of benzene rings is 2. The van der Waals surface area contributed by atoms with Crippen molar-refractivity contribution in [1.82, 2.24) is 16.0 Å². The summed E-state index contributed by atoms with van der Waals surface area (Å²) in [5.74, 6) is 1.58. The molecular weight excluding hydrogens is 519 g/mol. The summed E-state index contributed by atoms with van der Waals surface area (Å²) in [4.78, 5) is 16.5. The first kappa shape index (κ1) is 27.7. The Labute approximate surface area is 208 Å². The van der Waals surface area contributed by atoms with Gasteiger partial charge in [-0.1, -0.05) is 49.4 Å². The number of aliphatic imine (C=N–C) groups is 1. The molecule has 3 N–H and O–H groups in total. The number of nitrogens with one attached hydrogen (secondary N) is 3. The van der Waals surface area contributed by atoms with E-state index in [0.29, 0.717) is 38.2 Å². The maximum absolute atomic E-state index is 12.1. The number of rotatable bonds is 12. The van der Waals surface area contributed by atoms with E-state index in [1.807, 2.05) is 49.4 Å². The van der Waals surface area contributed by atoms with E-state index in [9.17, 15) is 4.79 Å². The highest BCUT2D eigenvalue weighted by Crippen LogP contribution is 2.10. The molecule has 0 spiro atoms. The van der Waals surface area contributed by atoms with E-state index in [0.717, 1.165) is 17.9 Å². The molecule has 0 aliphatic carbocycles. The van der Waals surface area contributed by atoms with Crippen LogP contribution in [0.15, 0.2) is 59.6 Å². The molecular formula is C24H35IN4O3. The number of nitrogens with zero attached hydrogens (tertiary/aromatic N) is 1. The van der Waals surface area contributed by atoms with Crippen LogP contribution < -0.4 is 20.7 Å². The number of carbonyl (C=O) groups excluding carboxylic acids is 1. The van der Waals surface area contributed by atoms with Crippen molar-refractivity contribution in [2.45, 2.75) is 27.0 Å². The molecule has 2 rings (SSSR count). The molecule has 1 amide bonds. The van der Waals surface area contributed by atoms with Gasteiger partial charge in [-0.05, 0) is 36.1 Å². The molecule has 0 saturated heterocycles.